The number of para-hydroxylation sites is 1. The summed E-state index contributed by atoms with van der Waals surface area (Å²) in [5.41, 5.74) is 15.5. The molecule has 0 saturated carbocycles. The summed E-state index contributed by atoms with van der Waals surface area (Å²) in [7, 11) is 0. The van der Waals surface area contributed by atoms with Gasteiger partial charge < -0.3 is 4.90 Å². The highest BCUT2D eigenvalue weighted by atomic mass is 32.1. The van der Waals surface area contributed by atoms with Gasteiger partial charge in [-0.15, -0.1) is 11.3 Å². The Labute approximate surface area is 354 Å². The van der Waals surface area contributed by atoms with E-state index in [9.17, 15) is 0 Å². The Morgan fingerprint density at radius 2 is 0.767 bits per heavy atom. The first-order chi connectivity index (χ1) is 29.8. The van der Waals surface area contributed by atoms with Crippen LogP contribution in [0.2, 0.25) is 0 Å². The lowest BCUT2D eigenvalue weighted by Crippen LogP contribution is -2.09. The lowest BCUT2D eigenvalue weighted by molar-refractivity contribution is 1.28. The first kappa shape index (κ1) is 35.6. The second-order valence-electron chi connectivity index (χ2n) is 15.2. The minimum absolute atomic E-state index is 1.10. The zero-order valence-corrected chi connectivity index (χ0v) is 33.7. The number of fused-ring (bicyclic) bond motifs is 4. The van der Waals surface area contributed by atoms with Crippen LogP contribution in [0, 0.1) is 0 Å². The largest absolute Gasteiger partial charge is 0.311 e. The number of hydrogen-bond acceptors (Lipinski definition) is 2. The zero-order chi connectivity index (χ0) is 39.8. The quantitative estimate of drug-likeness (QED) is 0.148. The monoisotopic (exact) mass is 781 g/mol. The summed E-state index contributed by atoms with van der Waals surface area (Å²) in [6.07, 6.45) is 0. The van der Waals surface area contributed by atoms with Crippen LogP contribution in [0.1, 0.15) is 0 Å². The third-order valence-corrected chi connectivity index (χ3v) is 12.9. The Balaban J connectivity index is 0.961. The van der Waals surface area contributed by atoms with Gasteiger partial charge in [0.1, 0.15) is 0 Å². The fourth-order valence-electron chi connectivity index (χ4n) is 8.85. The van der Waals surface area contributed by atoms with Crippen molar-refractivity contribution in [2.24, 2.45) is 0 Å². The van der Waals surface area contributed by atoms with Crippen LogP contribution >= 0.6 is 11.3 Å². The molecule has 0 atom stereocenters. The van der Waals surface area contributed by atoms with E-state index in [1.54, 1.807) is 0 Å². The molecule has 0 N–H and O–H groups in total. The Morgan fingerprint density at radius 1 is 0.283 bits per heavy atom. The van der Waals surface area contributed by atoms with Gasteiger partial charge in [-0.1, -0.05) is 188 Å². The van der Waals surface area contributed by atoms with Crippen LogP contribution < -0.4 is 4.90 Å². The number of anilines is 3. The van der Waals surface area contributed by atoms with E-state index in [1.807, 2.05) is 11.3 Å². The summed E-state index contributed by atoms with van der Waals surface area (Å²) in [6, 6.07) is 85.9. The molecule has 60 heavy (non-hydrogen) atoms. The molecule has 0 aliphatic rings. The molecule has 11 rings (SSSR count). The second kappa shape index (κ2) is 15.3. The molecule has 0 radical (unpaired) electrons. The molecule has 10 aromatic carbocycles. The van der Waals surface area contributed by atoms with Crippen molar-refractivity contribution in [2.75, 3.05) is 4.90 Å². The van der Waals surface area contributed by atoms with Crippen molar-refractivity contribution < 1.29 is 0 Å². The Hall–Kier alpha value is -7.52. The third-order valence-electron chi connectivity index (χ3n) is 11.7. The summed E-state index contributed by atoms with van der Waals surface area (Å²) in [5.74, 6) is 0. The minimum atomic E-state index is 1.10. The maximum Gasteiger partial charge on any atom is 0.0462 e. The lowest BCUT2D eigenvalue weighted by atomic mass is 9.91. The molecule has 1 heterocycles. The maximum absolute atomic E-state index is 2.35. The summed E-state index contributed by atoms with van der Waals surface area (Å²) in [4.78, 5) is 2.35. The van der Waals surface area contributed by atoms with E-state index in [-0.39, 0.29) is 0 Å². The summed E-state index contributed by atoms with van der Waals surface area (Å²) < 4.78 is 2.66. The van der Waals surface area contributed by atoms with Crippen LogP contribution in [0.25, 0.3) is 86.6 Å². The number of thiophene rings is 1. The van der Waals surface area contributed by atoms with Gasteiger partial charge >= 0.3 is 0 Å². The standard InChI is InChI=1S/C58H39NS/c1-3-15-40(16-4-1)44-19-11-20-45(39-44)50-24-8-7-23-49(50)41-31-35-47(36-32-41)59(46-21-5-2-6-22-46)48-37-33-42(34-38-48)51-26-12-17-43-18-13-27-53(57(43)51)55-29-14-28-54-52-25-9-10-30-56(52)60-58(54)55/h1-39H. The van der Waals surface area contributed by atoms with Gasteiger partial charge in [0.2, 0.25) is 0 Å². The first-order valence-electron chi connectivity index (χ1n) is 20.5. The molecular weight excluding hydrogens is 743 g/mol. The van der Waals surface area contributed by atoms with Crippen LogP contribution in [0.3, 0.4) is 0 Å². The van der Waals surface area contributed by atoms with E-state index in [0.717, 1.165) is 17.1 Å². The first-order valence-corrected chi connectivity index (χ1v) is 21.3. The Morgan fingerprint density at radius 3 is 1.50 bits per heavy atom. The molecule has 0 unspecified atom stereocenters. The van der Waals surface area contributed by atoms with Crippen molar-refractivity contribution in [1.82, 2.24) is 0 Å². The summed E-state index contributed by atoms with van der Waals surface area (Å²) in [6.45, 7) is 0. The van der Waals surface area contributed by atoms with Crippen molar-refractivity contribution in [3.05, 3.63) is 237 Å². The molecule has 11 aromatic rings. The van der Waals surface area contributed by atoms with E-state index in [0.29, 0.717) is 0 Å². The molecule has 0 saturated heterocycles. The SMILES string of the molecule is c1ccc(-c2cccc(-c3ccccc3-c3ccc(N(c4ccccc4)c4ccc(-c5cccc6cccc(-c7cccc8c7sc7ccccc78)c56)cc4)cc3)c2)cc1. The van der Waals surface area contributed by atoms with Crippen molar-refractivity contribution in [3.8, 4) is 55.6 Å². The van der Waals surface area contributed by atoms with E-state index in [2.05, 4.69) is 241 Å². The van der Waals surface area contributed by atoms with Gasteiger partial charge in [0.05, 0.1) is 0 Å². The van der Waals surface area contributed by atoms with E-state index in [4.69, 9.17) is 0 Å². The maximum atomic E-state index is 2.35. The van der Waals surface area contributed by atoms with Gasteiger partial charge in [0.25, 0.3) is 0 Å². The topological polar surface area (TPSA) is 3.24 Å². The highest BCUT2D eigenvalue weighted by molar-refractivity contribution is 7.26. The molecule has 0 fully saturated rings. The molecule has 1 aromatic heterocycles. The Kier molecular flexibility index (Phi) is 9.11. The predicted molar refractivity (Wildman–Crippen MR) is 259 cm³/mol. The second-order valence-corrected chi connectivity index (χ2v) is 16.3. The zero-order valence-electron chi connectivity index (χ0n) is 32.9. The summed E-state index contributed by atoms with van der Waals surface area (Å²) in [5, 5.41) is 5.16. The number of rotatable bonds is 8. The molecule has 0 aliphatic heterocycles. The number of nitrogens with zero attached hydrogens (tertiary/aromatic N) is 1. The van der Waals surface area contributed by atoms with E-state index in [1.165, 1.54) is 86.6 Å². The molecule has 0 spiro atoms. The average molecular weight is 782 g/mol. The highest BCUT2D eigenvalue weighted by Crippen LogP contribution is 2.45. The fourth-order valence-corrected chi connectivity index (χ4v) is 10.1. The van der Waals surface area contributed by atoms with Crippen molar-refractivity contribution in [1.29, 1.82) is 0 Å². The van der Waals surface area contributed by atoms with E-state index >= 15 is 0 Å². The smallest absolute Gasteiger partial charge is 0.0462 e. The summed E-state index contributed by atoms with van der Waals surface area (Å²) >= 11 is 1.89. The molecule has 0 amide bonds. The molecule has 2 heteroatoms. The van der Waals surface area contributed by atoms with Gasteiger partial charge in [-0.2, -0.15) is 0 Å². The van der Waals surface area contributed by atoms with E-state index < -0.39 is 0 Å². The predicted octanol–water partition coefficient (Wildman–Crippen LogP) is 17.0. The molecule has 0 bridgehead atoms. The van der Waals surface area contributed by atoms with Crippen LogP contribution in [-0.2, 0) is 0 Å². The van der Waals surface area contributed by atoms with Gasteiger partial charge in [0, 0.05) is 42.8 Å². The number of benzene rings is 10. The van der Waals surface area contributed by atoms with Crippen molar-refractivity contribution in [3.63, 3.8) is 0 Å². The lowest BCUT2D eigenvalue weighted by Gasteiger charge is -2.26. The van der Waals surface area contributed by atoms with Gasteiger partial charge in [-0.3, -0.25) is 0 Å². The molecule has 282 valence electrons. The molecular formula is C58H39NS. The van der Waals surface area contributed by atoms with Crippen LogP contribution in [0.5, 0.6) is 0 Å². The average Bonchev–Trinajstić information content (AvgIpc) is 3.72. The fraction of sp³-hybridized carbons (Fsp3) is 0. The third kappa shape index (κ3) is 6.44. The minimum Gasteiger partial charge on any atom is -0.311 e. The van der Waals surface area contributed by atoms with Gasteiger partial charge in [0.15, 0.2) is 0 Å². The van der Waals surface area contributed by atoms with Gasteiger partial charge in [-0.05, 0) is 109 Å². The highest BCUT2D eigenvalue weighted by Gasteiger charge is 2.17. The number of hydrogen-bond donors (Lipinski definition) is 0. The molecule has 0 aliphatic carbocycles. The van der Waals surface area contributed by atoms with Crippen LogP contribution in [-0.4, -0.2) is 0 Å². The van der Waals surface area contributed by atoms with Crippen molar-refractivity contribution in [2.45, 2.75) is 0 Å². The van der Waals surface area contributed by atoms with Gasteiger partial charge in [-0.25, -0.2) is 0 Å². The van der Waals surface area contributed by atoms with Crippen LogP contribution in [0.4, 0.5) is 17.1 Å². The normalized spacial score (nSPS) is 11.3. The molecule has 1 nitrogen and oxygen atoms in total. The van der Waals surface area contributed by atoms with Crippen molar-refractivity contribution >= 4 is 59.3 Å². The van der Waals surface area contributed by atoms with Crippen LogP contribution in [0.15, 0.2) is 237 Å². The Bertz CT molecular complexity index is 3290.